The Morgan fingerprint density at radius 3 is 2.94 bits per heavy atom. The van der Waals surface area contributed by atoms with E-state index in [9.17, 15) is 4.39 Å². The van der Waals surface area contributed by atoms with Crippen molar-refractivity contribution in [1.29, 1.82) is 0 Å². The molecule has 1 aliphatic heterocycles. The molecule has 2 N–H and O–H groups in total. The van der Waals surface area contributed by atoms with Gasteiger partial charge in [-0.15, -0.1) is 11.3 Å². The summed E-state index contributed by atoms with van der Waals surface area (Å²) < 4.78 is 20.1. The molecule has 2 unspecified atom stereocenters. The number of rotatable bonds is 1. The van der Waals surface area contributed by atoms with Gasteiger partial charge in [-0.05, 0) is 33.4 Å². The van der Waals surface area contributed by atoms with Crippen molar-refractivity contribution in [3.63, 3.8) is 0 Å². The van der Waals surface area contributed by atoms with E-state index in [-0.39, 0.29) is 18.0 Å². The molecule has 0 amide bonds. The summed E-state index contributed by atoms with van der Waals surface area (Å²) in [6.07, 6.45) is 0.598. The van der Waals surface area contributed by atoms with E-state index >= 15 is 0 Å². The summed E-state index contributed by atoms with van der Waals surface area (Å²) in [6, 6.07) is 6.39. The van der Waals surface area contributed by atoms with Crippen LogP contribution in [-0.2, 0) is 0 Å². The highest BCUT2D eigenvalue weighted by atomic mass is 79.9. The van der Waals surface area contributed by atoms with Crippen LogP contribution >= 0.6 is 27.3 Å². The lowest BCUT2D eigenvalue weighted by Crippen LogP contribution is -2.23. The van der Waals surface area contributed by atoms with Gasteiger partial charge in [-0.2, -0.15) is 0 Å². The lowest BCUT2D eigenvalue weighted by molar-refractivity contribution is 0.163. The molecule has 1 aliphatic rings. The van der Waals surface area contributed by atoms with Crippen LogP contribution in [0.1, 0.15) is 29.0 Å². The summed E-state index contributed by atoms with van der Waals surface area (Å²) in [5, 5.41) is 2.00. The second-order valence-corrected chi connectivity index (χ2v) is 6.07. The van der Waals surface area contributed by atoms with E-state index in [0.29, 0.717) is 12.2 Å². The van der Waals surface area contributed by atoms with Gasteiger partial charge in [-0.3, -0.25) is 0 Å². The van der Waals surface area contributed by atoms with Gasteiger partial charge in [-0.25, -0.2) is 4.39 Å². The molecule has 0 radical (unpaired) electrons. The Balaban J connectivity index is 1.98. The fraction of sp³-hybridized carbons (Fsp3) is 0.231. The molecule has 2 heterocycles. The van der Waals surface area contributed by atoms with Crippen LogP contribution in [0.25, 0.3) is 0 Å². The lowest BCUT2D eigenvalue weighted by atomic mass is 9.96. The smallest absolute Gasteiger partial charge is 0.136 e. The molecular weight excluding hydrogens is 317 g/mol. The van der Waals surface area contributed by atoms with E-state index in [4.69, 9.17) is 10.5 Å². The lowest BCUT2D eigenvalue weighted by Gasteiger charge is -2.30. The van der Waals surface area contributed by atoms with Crippen molar-refractivity contribution in [3.8, 4) is 5.75 Å². The molecule has 2 atom stereocenters. The maximum absolute atomic E-state index is 13.2. The maximum atomic E-state index is 13.2. The predicted octanol–water partition coefficient (Wildman–Crippen LogP) is 4.17. The second kappa shape index (κ2) is 4.64. The van der Waals surface area contributed by atoms with Crippen molar-refractivity contribution in [2.75, 3.05) is 0 Å². The van der Waals surface area contributed by atoms with Crippen molar-refractivity contribution < 1.29 is 9.13 Å². The van der Waals surface area contributed by atoms with Crippen LogP contribution in [0.2, 0.25) is 0 Å². The predicted molar refractivity (Wildman–Crippen MR) is 73.3 cm³/mol. The van der Waals surface area contributed by atoms with Gasteiger partial charge in [0.2, 0.25) is 0 Å². The average molecular weight is 328 g/mol. The molecule has 1 aromatic heterocycles. The van der Waals surface area contributed by atoms with E-state index in [0.717, 1.165) is 14.9 Å². The van der Waals surface area contributed by atoms with Crippen LogP contribution in [0, 0.1) is 5.82 Å². The molecule has 0 aliphatic carbocycles. The van der Waals surface area contributed by atoms with Gasteiger partial charge in [-0.1, -0.05) is 6.07 Å². The first-order chi connectivity index (χ1) is 8.65. The number of hydrogen-bond acceptors (Lipinski definition) is 3. The highest BCUT2D eigenvalue weighted by Crippen LogP contribution is 2.43. The minimum Gasteiger partial charge on any atom is -0.484 e. The molecule has 2 nitrogen and oxygen atoms in total. The molecule has 94 valence electrons. The fourth-order valence-corrected chi connectivity index (χ4v) is 3.84. The topological polar surface area (TPSA) is 35.2 Å². The average Bonchev–Trinajstić information content (AvgIpc) is 2.74. The number of hydrogen-bond donors (Lipinski definition) is 1. The van der Waals surface area contributed by atoms with Crippen LogP contribution in [0.4, 0.5) is 4.39 Å². The van der Waals surface area contributed by atoms with Crippen molar-refractivity contribution in [2.45, 2.75) is 18.6 Å². The van der Waals surface area contributed by atoms with Crippen LogP contribution in [0.5, 0.6) is 5.75 Å². The normalized spacial score (nSPS) is 22.4. The number of benzene rings is 1. The molecule has 0 fully saturated rings. The highest BCUT2D eigenvalue weighted by molar-refractivity contribution is 9.10. The third-order valence-electron chi connectivity index (χ3n) is 3.05. The van der Waals surface area contributed by atoms with E-state index in [2.05, 4.69) is 15.9 Å². The number of fused-ring (bicyclic) bond motifs is 1. The molecular formula is C13H11BrFNOS. The summed E-state index contributed by atoms with van der Waals surface area (Å²) in [6.45, 7) is 0. The Kier molecular flexibility index (Phi) is 3.13. The molecule has 0 spiro atoms. The van der Waals surface area contributed by atoms with Gasteiger partial charge in [0.25, 0.3) is 0 Å². The zero-order valence-corrected chi connectivity index (χ0v) is 11.8. The van der Waals surface area contributed by atoms with Crippen molar-refractivity contribution in [2.24, 2.45) is 5.73 Å². The Labute approximate surface area is 117 Å². The van der Waals surface area contributed by atoms with E-state index in [1.54, 1.807) is 17.4 Å². The van der Waals surface area contributed by atoms with Gasteiger partial charge in [0.1, 0.15) is 17.7 Å². The Hall–Kier alpha value is -0.910. The SMILES string of the molecule is NC1CC(c2sccc2Br)Oc2cc(F)ccc21. The Bertz CT molecular complexity index is 586. The first kappa shape index (κ1) is 12.1. The van der Waals surface area contributed by atoms with Gasteiger partial charge in [0.05, 0.1) is 4.88 Å². The van der Waals surface area contributed by atoms with Crippen LogP contribution in [-0.4, -0.2) is 0 Å². The minimum atomic E-state index is -0.299. The van der Waals surface area contributed by atoms with Crippen molar-refractivity contribution in [1.82, 2.24) is 0 Å². The summed E-state index contributed by atoms with van der Waals surface area (Å²) in [5.74, 6) is 0.255. The van der Waals surface area contributed by atoms with Crippen molar-refractivity contribution >= 4 is 27.3 Å². The summed E-state index contributed by atoms with van der Waals surface area (Å²) in [7, 11) is 0. The Morgan fingerprint density at radius 1 is 1.39 bits per heavy atom. The van der Waals surface area contributed by atoms with Crippen molar-refractivity contribution in [3.05, 3.63) is 50.4 Å². The molecule has 3 rings (SSSR count). The third kappa shape index (κ3) is 2.06. The minimum absolute atomic E-state index is 0.108. The Morgan fingerprint density at radius 2 is 2.22 bits per heavy atom. The summed E-state index contributed by atoms with van der Waals surface area (Å²) in [4.78, 5) is 1.10. The quantitative estimate of drug-likeness (QED) is 0.853. The first-order valence-electron chi connectivity index (χ1n) is 5.59. The number of thiophene rings is 1. The molecule has 1 aromatic carbocycles. The number of nitrogens with two attached hydrogens (primary N) is 1. The monoisotopic (exact) mass is 327 g/mol. The summed E-state index contributed by atoms with van der Waals surface area (Å²) in [5.41, 5.74) is 7.01. The second-order valence-electron chi connectivity index (χ2n) is 4.26. The van der Waals surface area contributed by atoms with Gasteiger partial charge < -0.3 is 10.5 Å². The molecule has 0 saturated heterocycles. The molecule has 5 heteroatoms. The molecule has 18 heavy (non-hydrogen) atoms. The van der Waals surface area contributed by atoms with Gasteiger partial charge in [0, 0.05) is 28.6 Å². The first-order valence-corrected chi connectivity index (χ1v) is 7.27. The van der Waals surface area contributed by atoms with Gasteiger partial charge >= 0.3 is 0 Å². The van der Waals surface area contributed by atoms with Crippen LogP contribution in [0.15, 0.2) is 34.1 Å². The fourth-order valence-electron chi connectivity index (χ4n) is 2.17. The van der Waals surface area contributed by atoms with Crippen LogP contribution in [0.3, 0.4) is 0 Å². The molecule has 0 bridgehead atoms. The largest absolute Gasteiger partial charge is 0.484 e. The zero-order valence-electron chi connectivity index (χ0n) is 9.40. The van der Waals surface area contributed by atoms with Gasteiger partial charge in [0.15, 0.2) is 0 Å². The number of ether oxygens (including phenoxy) is 1. The number of halogens is 2. The standard InChI is InChI=1S/C13H11BrFNOS/c14-9-3-4-18-13(9)12-6-10(16)8-2-1-7(15)5-11(8)17-12/h1-5,10,12H,6,16H2. The molecule has 2 aromatic rings. The zero-order chi connectivity index (χ0) is 12.7. The summed E-state index contributed by atoms with van der Waals surface area (Å²) >= 11 is 5.11. The van der Waals surface area contributed by atoms with E-state index in [1.807, 2.05) is 11.4 Å². The molecule has 0 saturated carbocycles. The van der Waals surface area contributed by atoms with Crippen LogP contribution < -0.4 is 10.5 Å². The highest BCUT2D eigenvalue weighted by Gasteiger charge is 2.29. The van der Waals surface area contributed by atoms with E-state index in [1.165, 1.54) is 12.1 Å². The van der Waals surface area contributed by atoms with E-state index < -0.39 is 0 Å². The maximum Gasteiger partial charge on any atom is 0.136 e. The third-order valence-corrected chi connectivity index (χ3v) is 5.01.